The number of nitrogens with one attached hydrogen (secondary N) is 2. The normalized spacial score (nSPS) is 11.9. The molecule has 0 bridgehead atoms. The van der Waals surface area contributed by atoms with Gasteiger partial charge in [0.1, 0.15) is 0 Å². The minimum atomic E-state index is -0.309. The van der Waals surface area contributed by atoms with Crippen LogP contribution in [0, 0.1) is 0 Å². The predicted octanol–water partition coefficient (Wildman–Crippen LogP) is 2.48. The van der Waals surface area contributed by atoms with E-state index in [1.54, 1.807) is 18.2 Å². The topological polar surface area (TPSA) is 76.7 Å². The van der Waals surface area contributed by atoms with Crippen LogP contribution in [-0.4, -0.2) is 25.2 Å². The van der Waals surface area contributed by atoms with Crippen LogP contribution < -0.4 is 20.1 Å². The van der Waals surface area contributed by atoms with Gasteiger partial charge in [0.05, 0.1) is 13.0 Å². The van der Waals surface area contributed by atoms with Gasteiger partial charge in [-0.05, 0) is 29.8 Å². The van der Waals surface area contributed by atoms with Crippen LogP contribution in [-0.2, 0) is 16.0 Å². The summed E-state index contributed by atoms with van der Waals surface area (Å²) in [6.45, 7) is 0.0830. The van der Waals surface area contributed by atoms with E-state index < -0.39 is 0 Å². The molecule has 0 radical (unpaired) electrons. The maximum absolute atomic E-state index is 11.9. The number of amides is 2. The lowest BCUT2D eigenvalue weighted by Gasteiger charge is -2.08. The van der Waals surface area contributed by atoms with Crippen molar-refractivity contribution in [2.75, 3.05) is 18.7 Å². The molecule has 0 saturated carbocycles. The van der Waals surface area contributed by atoms with E-state index >= 15 is 0 Å². The molecule has 0 atom stereocenters. The zero-order valence-corrected chi connectivity index (χ0v) is 14.3. The third-order valence-electron chi connectivity index (χ3n) is 3.36. The van der Waals surface area contributed by atoms with Crippen molar-refractivity contribution >= 4 is 33.4 Å². The van der Waals surface area contributed by atoms with Crippen molar-refractivity contribution in [2.45, 2.75) is 6.42 Å². The zero-order valence-electron chi connectivity index (χ0n) is 12.7. The lowest BCUT2D eigenvalue weighted by Crippen LogP contribution is -2.33. The van der Waals surface area contributed by atoms with Crippen LogP contribution in [0.5, 0.6) is 11.5 Å². The Morgan fingerprint density at radius 2 is 1.88 bits per heavy atom. The smallest absolute Gasteiger partial charge is 0.243 e. The second kappa shape index (κ2) is 7.35. The second-order valence-corrected chi connectivity index (χ2v) is 6.12. The summed E-state index contributed by atoms with van der Waals surface area (Å²) in [5.41, 5.74) is 1.46. The van der Waals surface area contributed by atoms with Crippen molar-refractivity contribution in [1.29, 1.82) is 0 Å². The van der Waals surface area contributed by atoms with Crippen LogP contribution in [0.4, 0.5) is 5.69 Å². The fourth-order valence-corrected chi connectivity index (χ4v) is 2.70. The summed E-state index contributed by atoms with van der Waals surface area (Å²) in [4.78, 5) is 23.8. The number of rotatable bonds is 5. The first-order chi connectivity index (χ1) is 11.6. The Morgan fingerprint density at radius 3 is 2.71 bits per heavy atom. The van der Waals surface area contributed by atoms with Gasteiger partial charge in [-0.2, -0.15) is 0 Å². The average Bonchev–Trinajstić information content (AvgIpc) is 3.00. The molecule has 2 amide bonds. The number of ether oxygens (including phenoxy) is 2. The highest BCUT2D eigenvalue weighted by molar-refractivity contribution is 9.10. The van der Waals surface area contributed by atoms with Crippen molar-refractivity contribution < 1.29 is 19.1 Å². The predicted molar refractivity (Wildman–Crippen MR) is 92.1 cm³/mol. The van der Waals surface area contributed by atoms with Gasteiger partial charge in [0, 0.05) is 16.2 Å². The van der Waals surface area contributed by atoms with Crippen molar-refractivity contribution in [2.24, 2.45) is 0 Å². The molecular weight excluding hydrogens is 376 g/mol. The van der Waals surface area contributed by atoms with E-state index in [0.29, 0.717) is 17.2 Å². The first-order valence-corrected chi connectivity index (χ1v) is 8.10. The third kappa shape index (κ3) is 4.26. The number of carbonyl (C=O) groups is 2. The summed E-state index contributed by atoms with van der Waals surface area (Å²) in [6.07, 6.45) is 0.219. The van der Waals surface area contributed by atoms with Gasteiger partial charge in [-0.25, -0.2) is 0 Å². The Hall–Kier alpha value is -2.54. The largest absolute Gasteiger partial charge is 0.454 e. The van der Waals surface area contributed by atoms with Gasteiger partial charge in [0.2, 0.25) is 18.6 Å². The summed E-state index contributed by atoms with van der Waals surface area (Å²) in [5.74, 6) is 0.715. The van der Waals surface area contributed by atoms with E-state index in [0.717, 1.165) is 10.0 Å². The average molecular weight is 391 g/mol. The fraction of sp³-hybridized carbons (Fsp3) is 0.176. The number of halogens is 1. The monoisotopic (exact) mass is 390 g/mol. The third-order valence-corrected chi connectivity index (χ3v) is 3.85. The van der Waals surface area contributed by atoms with Crippen LogP contribution in [0.3, 0.4) is 0 Å². The number of hydrogen-bond acceptors (Lipinski definition) is 4. The molecule has 0 fully saturated rings. The van der Waals surface area contributed by atoms with Gasteiger partial charge in [-0.15, -0.1) is 0 Å². The Bertz CT molecular complexity index is 779. The van der Waals surface area contributed by atoms with Crippen LogP contribution in [0.2, 0.25) is 0 Å². The summed E-state index contributed by atoms with van der Waals surface area (Å²) >= 11 is 3.36. The molecule has 0 spiro atoms. The van der Waals surface area contributed by atoms with Gasteiger partial charge in [-0.1, -0.05) is 28.1 Å². The maximum atomic E-state index is 11.9. The van der Waals surface area contributed by atoms with Crippen molar-refractivity contribution in [3.05, 3.63) is 52.5 Å². The van der Waals surface area contributed by atoms with E-state index in [1.807, 2.05) is 24.3 Å². The maximum Gasteiger partial charge on any atom is 0.243 e. The summed E-state index contributed by atoms with van der Waals surface area (Å²) < 4.78 is 11.4. The van der Waals surface area contributed by atoms with E-state index in [2.05, 4.69) is 26.6 Å². The first kappa shape index (κ1) is 16.3. The highest BCUT2D eigenvalue weighted by atomic mass is 79.9. The highest BCUT2D eigenvalue weighted by Crippen LogP contribution is 2.34. The molecule has 6 nitrogen and oxygen atoms in total. The number of anilines is 1. The van der Waals surface area contributed by atoms with Crippen molar-refractivity contribution in [3.63, 3.8) is 0 Å². The first-order valence-electron chi connectivity index (χ1n) is 7.31. The second-order valence-electron chi connectivity index (χ2n) is 5.20. The molecule has 24 heavy (non-hydrogen) atoms. The minimum Gasteiger partial charge on any atom is -0.454 e. The zero-order chi connectivity index (χ0) is 16.9. The molecule has 124 valence electrons. The summed E-state index contributed by atoms with van der Waals surface area (Å²) in [6, 6.07) is 12.6. The molecule has 0 saturated heterocycles. The molecule has 1 heterocycles. The molecule has 3 rings (SSSR count). The molecule has 2 aromatic rings. The molecule has 1 aliphatic heterocycles. The Kier molecular flexibility index (Phi) is 5.00. The highest BCUT2D eigenvalue weighted by Gasteiger charge is 2.14. The Labute approximate surface area is 147 Å². The SMILES string of the molecule is O=C(Cc1cccc(Br)c1)NCC(=O)Nc1ccc2c(c1)OCO2. The molecule has 7 heteroatoms. The van der Waals surface area contributed by atoms with E-state index in [9.17, 15) is 9.59 Å². The summed E-state index contributed by atoms with van der Waals surface area (Å²) in [7, 11) is 0. The van der Waals surface area contributed by atoms with Crippen LogP contribution >= 0.6 is 15.9 Å². The number of fused-ring (bicyclic) bond motifs is 1. The van der Waals surface area contributed by atoms with Crippen molar-refractivity contribution in [1.82, 2.24) is 5.32 Å². The number of hydrogen-bond donors (Lipinski definition) is 2. The molecule has 0 aromatic heterocycles. The molecule has 1 aliphatic rings. The molecule has 2 N–H and O–H groups in total. The van der Waals surface area contributed by atoms with Crippen LogP contribution in [0.15, 0.2) is 46.9 Å². The lowest BCUT2D eigenvalue weighted by atomic mass is 10.1. The quantitative estimate of drug-likeness (QED) is 0.821. The molecule has 2 aromatic carbocycles. The number of benzene rings is 2. The van der Waals surface area contributed by atoms with Gasteiger partial charge < -0.3 is 20.1 Å². The van der Waals surface area contributed by atoms with Crippen LogP contribution in [0.25, 0.3) is 0 Å². The number of carbonyl (C=O) groups excluding carboxylic acids is 2. The van der Waals surface area contributed by atoms with Gasteiger partial charge >= 0.3 is 0 Å². The Morgan fingerprint density at radius 1 is 1.04 bits per heavy atom. The standard InChI is InChI=1S/C17H15BrN2O4/c18-12-3-1-2-11(6-12)7-16(21)19-9-17(22)20-13-4-5-14-15(8-13)24-10-23-14/h1-6,8H,7,9-10H2,(H,19,21)(H,20,22). The van der Waals surface area contributed by atoms with Gasteiger partial charge in [0.25, 0.3) is 0 Å². The summed E-state index contributed by atoms with van der Waals surface area (Å²) in [5, 5.41) is 5.30. The van der Waals surface area contributed by atoms with Gasteiger partial charge in [-0.3, -0.25) is 9.59 Å². The molecular formula is C17H15BrN2O4. The fourth-order valence-electron chi connectivity index (χ4n) is 2.25. The van der Waals surface area contributed by atoms with E-state index in [4.69, 9.17) is 9.47 Å². The lowest BCUT2D eigenvalue weighted by molar-refractivity contribution is -0.123. The minimum absolute atomic E-state index is 0.0960. The molecule has 0 unspecified atom stereocenters. The van der Waals surface area contributed by atoms with Crippen LogP contribution in [0.1, 0.15) is 5.56 Å². The van der Waals surface area contributed by atoms with Crippen molar-refractivity contribution in [3.8, 4) is 11.5 Å². The van der Waals surface area contributed by atoms with E-state index in [1.165, 1.54) is 0 Å². The van der Waals surface area contributed by atoms with Gasteiger partial charge in [0.15, 0.2) is 11.5 Å². The Balaban J connectivity index is 1.47. The van der Waals surface area contributed by atoms with E-state index in [-0.39, 0.29) is 31.6 Å². The molecule has 0 aliphatic carbocycles.